The summed E-state index contributed by atoms with van der Waals surface area (Å²) < 4.78 is 0. The fraction of sp³-hybridized carbons (Fsp3) is 0.875. The summed E-state index contributed by atoms with van der Waals surface area (Å²) in [5.74, 6) is -0.299. The number of amides is 1. The summed E-state index contributed by atoms with van der Waals surface area (Å²) in [4.78, 5) is 22.9. The van der Waals surface area contributed by atoms with Gasteiger partial charge in [-0.3, -0.25) is 9.59 Å². The fourth-order valence-electron chi connectivity index (χ4n) is 3.04. The van der Waals surface area contributed by atoms with E-state index >= 15 is 0 Å². The van der Waals surface area contributed by atoms with Gasteiger partial charge in [-0.2, -0.15) is 0 Å². The van der Waals surface area contributed by atoms with Crippen LogP contribution in [0.4, 0.5) is 0 Å². The number of aliphatic carboxylic acids is 1. The van der Waals surface area contributed by atoms with E-state index in [0.29, 0.717) is 18.9 Å². The number of piperidine rings is 1. The van der Waals surface area contributed by atoms with E-state index in [-0.39, 0.29) is 23.8 Å². The predicted molar refractivity (Wildman–Crippen MR) is 83.1 cm³/mol. The average Bonchev–Trinajstić information content (AvgIpc) is 2.41. The van der Waals surface area contributed by atoms with E-state index in [1.54, 1.807) is 0 Å². The highest BCUT2D eigenvalue weighted by Gasteiger charge is 2.36. The molecule has 2 atom stereocenters. The molecule has 1 saturated heterocycles. The summed E-state index contributed by atoms with van der Waals surface area (Å²) in [5, 5.41) is 15.0. The lowest BCUT2D eigenvalue weighted by molar-refractivity contribution is -0.137. The SMILES string of the molecule is CCC(CCNC(=O)C1NCCCC1(C)C)CCC(=O)O. The van der Waals surface area contributed by atoms with Gasteiger partial charge in [-0.15, -0.1) is 0 Å². The van der Waals surface area contributed by atoms with E-state index in [1.807, 2.05) is 0 Å². The lowest BCUT2D eigenvalue weighted by Crippen LogP contribution is -2.55. The maximum atomic E-state index is 12.3. The van der Waals surface area contributed by atoms with Crippen molar-refractivity contribution in [2.75, 3.05) is 13.1 Å². The largest absolute Gasteiger partial charge is 0.481 e. The van der Waals surface area contributed by atoms with Crippen molar-refractivity contribution in [3.63, 3.8) is 0 Å². The molecule has 1 aliphatic rings. The van der Waals surface area contributed by atoms with Crippen molar-refractivity contribution in [2.24, 2.45) is 11.3 Å². The number of hydrogen-bond acceptors (Lipinski definition) is 3. The fourth-order valence-corrected chi connectivity index (χ4v) is 3.04. The van der Waals surface area contributed by atoms with Crippen LogP contribution in [0.5, 0.6) is 0 Å². The number of carbonyl (C=O) groups is 2. The zero-order valence-corrected chi connectivity index (χ0v) is 13.6. The molecule has 1 amide bonds. The Morgan fingerprint density at radius 3 is 2.67 bits per heavy atom. The molecule has 1 rings (SSSR count). The molecule has 122 valence electrons. The third kappa shape index (κ3) is 6.04. The van der Waals surface area contributed by atoms with E-state index in [1.165, 1.54) is 0 Å². The third-order valence-corrected chi connectivity index (χ3v) is 4.59. The topological polar surface area (TPSA) is 78.4 Å². The minimum absolute atomic E-state index is 0.00417. The number of hydrogen-bond donors (Lipinski definition) is 3. The molecule has 0 bridgehead atoms. The molecule has 2 unspecified atom stereocenters. The molecule has 3 N–H and O–H groups in total. The molecule has 1 fully saturated rings. The maximum Gasteiger partial charge on any atom is 0.303 e. The summed E-state index contributed by atoms with van der Waals surface area (Å²) >= 11 is 0. The van der Waals surface area contributed by atoms with Gasteiger partial charge in [0, 0.05) is 13.0 Å². The molecular weight excluding hydrogens is 268 g/mol. The van der Waals surface area contributed by atoms with E-state index in [9.17, 15) is 9.59 Å². The van der Waals surface area contributed by atoms with Crippen molar-refractivity contribution in [3.8, 4) is 0 Å². The van der Waals surface area contributed by atoms with Gasteiger partial charge >= 0.3 is 5.97 Å². The average molecular weight is 298 g/mol. The Morgan fingerprint density at radius 1 is 1.38 bits per heavy atom. The molecule has 21 heavy (non-hydrogen) atoms. The highest BCUT2D eigenvalue weighted by atomic mass is 16.4. The van der Waals surface area contributed by atoms with Crippen LogP contribution in [0, 0.1) is 11.3 Å². The minimum Gasteiger partial charge on any atom is -0.481 e. The first kappa shape index (κ1) is 18.0. The van der Waals surface area contributed by atoms with Crippen LogP contribution in [0.2, 0.25) is 0 Å². The second-order valence-electron chi connectivity index (χ2n) is 6.77. The first-order valence-corrected chi connectivity index (χ1v) is 8.09. The van der Waals surface area contributed by atoms with Gasteiger partial charge in [0.05, 0.1) is 6.04 Å². The molecule has 5 nitrogen and oxygen atoms in total. The van der Waals surface area contributed by atoms with E-state index in [2.05, 4.69) is 31.4 Å². The number of carboxylic acids is 1. The van der Waals surface area contributed by atoms with E-state index in [0.717, 1.165) is 32.2 Å². The van der Waals surface area contributed by atoms with Crippen LogP contribution in [0.15, 0.2) is 0 Å². The van der Waals surface area contributed by atoms with Gasteiger partial charge in [0.1, 0.15) is 0 Å². The molecular formula is C16H30N2O3. The van der Waals surface area contributed by atoms with Crippen LogP contribution in [-0.4, -0.2) is 36.1 Å². The lowest BCUT2D eigenvalue weighted by atomic mass is 9.77. The zero-order chi connectivity index (χ0) is 15.9. The van der Waals surface area contributed by atoms with Crippen molar-refractivity contribution in [1.82, 2.24) is 10.6 Å². The van der Waals surface area contributed by atoms with Crippen molar-refractivity contribution in [1.29, 1.82) is 0 Å². The highest BCUT2D eigenvalue weighted by Crippen LogP contribution is 2.30. The maximum absolute atomic E-state index is 12.3. The quantitative estimate of drug-likeness (QED) is 0.641. The van der Waals surface area contributed by atoms with Gasteiger partial charge in [-0.05, 0) is 43.6 Å². The Kier molecular flexibility index (Phi) is 7.15. The Labute approximate surface area is 127 Å². The van der Waals surface area contributed by atoms with Crippen molar-refractivity contribution < 1.29 is 14.7 Å². The molecule has 0 aromatic carbocycles. The van der Waals surface area contributed by atoms with Gasteiger partial charge in [0.2, 0.25) is 5.91 Å². The first-order valence-electron chi connectivity index (χ1n) is 8.09. The van der Waals surface area contributed by atoms with Gasteiger partial charge in [0.25, 0.3) is 0 Å². The molecule has 1 aliphatic heterocycles. The Morgan fingerprint density at radius 2 is 2.10 bits per heavy atom. The highest BCUT2D eigenvalue weighted by molar-refractivity contribution is 5.82. The van der Waals surface area contributed by atoms with Crippen molar-refractivity contribution in [3.05, 3.63) is 0 Å². The monoisotopic (exact) mass is 298 g/mol. The Balaban J connectivity index is 2.33. The third-order valence-electron chi connectivity index (χ3n) is 4.59. The van der Waals surface area contributed by atoms with Crippen LogP contribution >= 0.6 is 0 Å². The molecule has 0 aromatic rings. The van der Waals surface area contributed by atoms with E-state index < -0.39 is 5.97 Å². The predicted octanol–water partition coefficient (Wildman–Crippen LogP) is 2.16. The number of carboxylic acid groups (broad SMARTS) is 1. The Hall–Kier alpha value is -1.10. The molecule has 0 aliphatic carbocycles. The second-order valence-corrected chi connectivity index (χ2v) is 6.77. The second kappa shape index (κ2) is 8.37. The summed E-state index contributed by atoms with van der Waals surface area (Å²) in [6.07, 6.45) is 4.88. The van der Waals surface area contributed by atoms with Crippen molar-refractivity contribution >= 4 is 11.9 Å². The van der Waals surface area contributed by atoms with Crippen LogP contribution in [0.25, 0.3) is 0 Å². The van der Waals surface area contributed by atoms with Crippen LogP contribution < -0.4 is 10.6 Å². The molecule has 0 radical (unpaired) electrons. The van der Waals surface area contributed by atoms with Gasteiger partial charge in [-0.25, -0.2) is 0 Å². The molecule has 0 aromatic heterocycles. The lowest BCUT2D eigenvalue weighted by Gasteiger charge is -2.38. The number of nitrogens with one attached hydrogen (secondary N) is 2. The summed E-state index contributed by atoms with van der Waals surface area (Å²) in [5.41, 5.74) is -0.00417. The molecule has 5 heteroatoms. The molecule has 0 spiro atoms. The standard InChI is InChI=1S/C16H30N2O3/c1-4-12(6-7-13(19)20)8-11-18-15(21)14-16(2,3)9-5-10-17-14/h12,14,17H,4-11H2,1-3H3,(H,18,21)(H,19,20). The van der Waals surface area contributed by atoms with Gasteiger partial charge in [0.15, 0.2) is 0 Å². The number of carbonyl (C=O) groups excluding carboxylic acids is 1. The summed E-state index contributed by atoms with van der Waals surface area (Å²) in [6.45, 7) is 7.86. The first-order chi connectivity index (χ1) is 9.86. The normalized spacial score (nSPS) is 22.5. The van der Waals surface area contributed by atoms with Gasteiger partial charge < -0.3 is 15.7 Å². The summed E-state index contributed by atoms with van der Waals surface area (Å²) in [6, 6.07) is -0.120. The summed E-state index contributed by atoms with van der Waals surface area (Å²) in [7, 11) is 0. The molecule has 1 heterocycles. The zero-order valence-electron chi connectivity index (χ0n) is 13.6. The van der Waals surface area contributed by atoms with Gasteiger partial charge in [-0.1, -0.05) is 27.2 Å². The van der Waals surface area contributed by atoms with E-state index in [4.69, 9.17) is 5.11 Å². The minimum atomic E-state index is -0.745. The Bertz CT molecular complexity index is 355. The van der Waals surface area contributed by atoms with Crippen molar-refractivity contribution in [2.45, 2.75) is 65.3 Å². The smallest absolute Gasteiger partial charge is 0.303 e. The van der Waals surface area contributed by atoms with Crippen LogP contribution in [-0.2, 0) is 9.59 Å². The molecule has 0 saturated carbocycles. The van der Waals surface area contributed by atoms with Crippen LogP contribution in [0.3, 0.4) is 0 Å². The van der Waals surface area contributed by atoms with Crippen LogP contribution in [0.1, 0.15) is 59.3 Å². The number of rotatable bonds is 8.